The van der Waals surface area contributed by atoms with Crippen LogP contribution in [-0.2, 0) is 11.2 Å². The first kappa shape index (κ1) is 19.2. The summed E-state index contributed by atoms with van der Waals surface area (Å²) in [4.78, 5) is 13.7. The summed E-state index contributed by atoms with van der Waals surface area (Å²) in [6.45, 7) is 6.90. The lowest BCUT2D eigenvalue weighted by Crippen LogP contribution is -2.52. The predicted molar refractivity (Wildman–Crippen MR) is 107 cm³/mol. The van der Waals surface area contributed by atoms with Crippen molar-refractivity contribution in [2.75, 3.05) is 18.4 Å². The molecule has 26 heavy (non-hydrogen) atoms. The van der Waals surface area contributed by atoms with Gasteiger partial charge in [-0.25, -0.2) is 0 Å². The van der Waals surface area contributed by atoms with Gasteiger partial charge in [-0.1, -0.05) is 31.4 Å². The Hall–Kier alpha value is -1.55. The van der Waals surface area contributed by atoms with Crippen LogP contribution in [0.5, 0.6) is 0 Å². The summed E-state index contributed by atoms with van der Waals surface area (Å²) >= 11 is 0. The molecule has 0 spiro atoms. The molecular weight excluding hydrogens is 324 g/mol. The molecule has 0 aromatic heterocycles. The molecule has 1 saturated heterocycles. The summed E-state index contributed by atoms with van der Waals surface area (Å²) in [6, 6.07) is 6.82. The fraction of sp³-hybridized carbons (Fsp3) is 0.682. The summed E-state index contributed by atoms with van der Waals surface area (Å²) < 4.78 is 0. The number of piperidine rings is 1. The number of likely N-dealkylation sites (tertiary alicyclic amines) is 1. The van der Waals surface area contributed by atoms with Gasteiger partial charge in [0.05, 0.1) is 0 Å². The standard InChI is InChI=1S/C22H34N2O2/c1-17-6-7-18(8-9-21(25)26)20(16-17)23-19-10-14-24(15-11-19)22(2)12-4-3-5-13-22/h6-7,16,19,23H,3-5,8-15H2,1-2H3,(H,25,26). The SMILES string of the molecule is Cc1ccc(CCC(=O)O)c(NC2CCN(C3(C)CCCCC3)CC2)c1. The molecule has 3 rings (SSSR count). The lowest BCUT2D eigenvalue weighted by molar-refractivity contribution is -0.136. The zero-order valence-corrected chi connectivity index (χ0v) is 16.4. The van der Waals surface area contributed by atoms with E-state index in [1.807, 2.05) is 0 Å². The van der Waals surface area contributed by atoms with E-state index in [0.717, 1.165) is 11.3 Å². The molecule has 2 N–H and O–H groups in total. The number of anilines is 1. The molecule has 1 aliphatic carbocycles. The Morgan fingerprint density at radius 2 is 1.92 bits per heavy atom. The maximum absolute atomic E-state index is 10.9. The van der Waals surface area contributed by atoms with Crippen LogP contribution in [0.3, 0.4) is 0 Å². The van der Waals surface area contributed by atoms with Gasteiger partial charge in [0.1, 0.15) is 0 Å². The number of nitrogens with one attached hydrogen (secondary N) is 1. The van der Waals surface area contributed by atoms with Crippen molar-refractivity contribution in [3.05, 3.63) is 29.3 Å². The zero-order valence-electron chi connectivity index (χ0n) is 16.4. The van der Waals surface area contributed by atoms with Crippen molar-refractivity contribution in [1.82, 2.24) is 4.90 Å². The highest BCUT2D eigenvalue weighted by Gasteiger charge is 2.35. The van der Waals surface area contributed by atoms with Crippen LogP contribution in [0, 0.1) is 6.92 Å². The van der Waals surface area contributed by atoms with Gasteiger partial charge in [-0.3, -0.25) is 9.69 Å². The highest BCUT2D eigenvalue weighted by molar-refractivity contribution is 5.68. The van der Waals surface area contributed by atoms with Crippen LogP contribution in [0.25, 0.3) is 0 Å². The molecule has 1 heterocycles. The lowest BCUT2D eigenvalue weighted by atomic mass is 9.80. The highest BCUT2D eigenvalue weighted by Crippen LogP contribution is 2.35. The van der Waals surface area contributed by atoms with Crippen molar-refractivity contribution in [3.63, 3.8) is 0 Å². The fourth-order valence-electron chi connectivity index (χ4n) is 4.70. The molecule has 2 fully saturated rings. The first-order valence-corrected chi connectivity index (χ1v) is 10.3. The number of hydrogen-bond donors (Lipinski definition) is 2. The second kappa shape index (κ2) is 8.43. The molecule has 1 aliphatic heterocycles. The Morgan fingerprint density at radius 1 is 1.23 bits per heavy atom. The molecule has 1 saturated carbocycles. The fourth-order valence-corrected chi connectivity index (χ4v) is 4.70. The quantitative estimate of drug-likeness (QED) is 0.779. The molecule has 1 aromatic rings. The maximum Gasteiger partial charge on any atom is 0.303 e. The van der Waals surface area contributed by atoms with Crippen molar-refractivity contribution >= 4 is 11.7 Å². The predicted octanol–water partition coefficient (Wildman–Crippen LogP) is 4.61. The monoisotopic (exact) mass is 358 g/mol. The average Bonchev–Trinajstić information content (AvgIpc) is 2.62. The minimum Gasteiger partial charge on any atom is -0.481 e. The number of hydrogen-bond acceptors (Lipinski definition) is 3. The largest absolute Gasteiger partial charge is 0.481 e. The van der Waals surface area contributed by atoms with Gasteiger partial charge in [0.25, 0.3) is 0 Å². The van der Waals surface area contributed by atoms with E-state index in [4.69, 9.17) is 5.11 Å². The number of benzene rings is 1. The summed E-state index contributed by atoms with van der Waals surface area (Å²) in [5, 5.41) is 12.7. The van der Waals surface area contributed by atoms with Gasteiger partial charge < -0.3 is 10.4 Å². The van der Waals surface area contributed by atoms with Crippen LogP contribution in [0.15, 0.2) is 18.2 Å². The minimum atomic E-state index is -0.731. The van der Waals surface area contributed by atoms with Gasteiger partial charge in [-0.15, -0.1) is 0 Å². The number of carboxylic acids is 1. The summed E-state index contributed by atoms with van der Waals surface area (Å²) in [6.07, 6.45) is 9.98. The Kier molecular flexibility index (Phi) is 6.23. The van der Waals surface area contributed by atoms with Crippen LogP contribution in [0.1, 0.15) is 69.4 Å². The molecule has 0 unspecified atom stereocenters. The van der Waals surface area contributed by atoms with Gasteiger partial charge in [-0.05, 0) is 63.1 Å². The average molecular weight is 359 g/mol. The molecule has 4 nitrogen and oxygen atoms in total. The third kappa shape index (κ3) is 4.79. The maximum atomic E-state index is 10.9. The smallest absolute Gasteiger partial charge is 0.303 e. The number of aliphatic carboxylic acids is 1. The van der Waals surface area contributed by atoms with E-state index in [9.17, 15) is 4.79 Å². The van der Waals surface area contributed by atoms with Crippen molar-refractivity contribution < 1.29 is 9.90 Å². The van der Waals surface area contributed by atoms with E-state index in [1.165, 1.54) is 63.6 Å². The number of carbonyl (C=O) groups is 1. The van der Waals surface area contributed by atoms with Gasteiger partial charge in [-0.2, -0.15) is 0 Å². The third-order valence-electron chi connectivity index (χ3n) is 6.42. The molecular formula is C22H34N2O2. The van der Waals surface area contributed by atoms with Crippen molar-refractivity contribution in [2.24, 2.45) is 0 Å². The first-order chi connectivity index (χ1) is 12.5. The molecule has 0 radical (unpaired) electrons. The van der Waals surface area contributed by atoms with Crippen LogP contribution < -0.4 is 5.32 Å². The van der Waals surface area contributed by atoms with Gasteiger partial charge in [0.2, 0.25) is 0 Å². The number of rotatable bonds is 6. The second-order valence-electron chi connectivity index (χ2n) is 8.52. The zero-order chi connectivity index (χ0) is 18.6. The van der Waals surface area contributed by atoms with E-state index in [-0.39, 0.29) is 6.42 Å². The van der Waals surface area contributed by atoms with Crippen LogP contribution in [-0.4, -0.2) is 40.6 Å². The number of nitrogens with zero attached hydrogens (tertiary/aromatic N) is 1. The molecule has 0 atom stereocenters. The van der Waals surface area contributed by atoms with Crippen molar-refractivity contribution in [2.45, 2.75) is 83.2 Å². The second-order valence-corrected chi connectivity index (χ2v) is 8.52. The van der Waals surface area contributed by atoms with E-state index < -0.39 is 5.97 Å². The van der Waals surface area contributed by atoms with E-state index in [2.05, 4.69) is 42.3 Å². The first-order valence-electron chi connectivity index (χ1n) is 10.3. The minimum absolute atomic E-state index is 0.189. The molecule has 1 aromatic carbocycles. The van der Waals surface area contributed by atoms with E-state index in [0.29, 0.717) is 18.0 Å². The van der Waals surface area contributed by atoms with Crippen LogP contribution >= 0.6 is 0 Å². The molecule has 4 heteroatoms. The lowest BCUT2D eigenvalue weighted by Gasteiger charge is -2.47. The third-order valence-corrected chi connectivity index (χ3v) is 6.42. The van der Waals surface area contributed by atoms with Crippen molar-refractivity contribution in [1.29, 1.82) is 0 Å². The summed E-state index contributed by atoms with van der Waals surface area (Å²) in [5.74, 6) is -0.731. The van der Waals surface area contributed by atoms with E-state index >= 15 is 0 Å². The summed E-state index contributed by atoms with van der Waals surface area (Å²) in [7, 11) is 0. The Bertz CT molecular complexity index is 615. The molecule has 0 bridgehead atoms. The van der Waals surface area contributed by atoms with Gasteiger partial charge in [0.15, 0.2) is 0 Å². The molecule has 2 aliphatic rings. The Labute approximate surface area is 158 Å². The summed E-state index contributed by atoms with van der Waals surface area (Å²) in [5.41, 5.74) is 3.89. The molecule has 144 valence electrons. The van der Waals surface area contributed by atoms with Gasteiger partial charge in [0, 0.05) is 36.8 Å². The normalized spacial score (nSPS) is 21.5. The van der Waals surface area contributed by atoms with Gasteiger partial charge >= 0.3 is 5.97 Å². The Balaban J connectivity index is 1.59. The number of aryl methyl sites for hydroxylation is 2. The number of carboxylic acid groups (broad SMARTS) is 1. The topological polar surface area (TPSA) is 52.6 Å². The Morgan fingerprint density at radius 3 is 2.58 bits per heavy atom. The highest BCUT2D eigenvalue weighted by atomic mass is 16.4. The van der Waals surface area contributed by atoms with E-state index in [1.54, 1.807) is 0 Å². The van der Waals surface area contributed by atoms with Crippen molar-refractivity contribution in [3.8, 4) is 0 Å². The van der Waals surface area contributed by atoms with Crippen LogP contribution in [0.2, 0.25) is 0 Å². The molecule has 0 amide bonds. The van der Waals surface area contributed by atoms with Crippen LogP contribution in [0.4, 0.5) is 5.69 Å².